The number of fused-ring (bicyclic) bond motifs is 1. The van der Waals surface area contributed by atoms with Crippen LogP contribution >= 0.6 is 23.4 Å². The van der Waals surface area contributed by atoms with Crippen molar-refractivity contribution in [3.05, 3.63) is 47.5 Å². The smallest absolute Gasteiger partial charge is 0.277 e. The number of nitrogens with one attached hydrogen (secondary N) is 1. The van der Waals surface area contributed by atoms with Crippen LogP contribution in [0, 0.1) is 0 Å². The number of anilines is 1. The Morgan fingerprint density at radius 2 is 2.04 bits per heavy atom. The number of nitrogens with zero attached hydrogens (tertiary/aromatic N) is 2. The third-order valence-electron chi connectivity index (χ3n) is 3.76. The van der Waals surface area contributed by atoms with E-state index in [4.69, 9.17) is 25.5 Å². The largest absolute Gasteiger partial charge is 0.454 e. The molecule has 3 aromatic rings. The van der Waals surface area contributed by atoms with Crippen LogP contribution in [0.2, 0.25) is 5.02 Å². The van der Waals surface area contributed by atoms with Gasteiger partial charge in [0.25, 0.3) is 5.22 Å². The minimum Gasteiger partial charge on any atom is -0.454 e. The fraction of sp³-hybridized carbons (Fsp3) is 0.167. The monoisotopic (exact) mass is 403 g/mol. The zero-order chi connectivity index (χ0) is 18.8. The van der Waals surface area contributed by atoms with Gasteiger partial charge in [-0.05, 0) is 43.3 Å². The van der Waals surface area contributed by atoms with Crippen molar-refractivity contribution in [1.82, 2.24) is 10.2 Å². The van der Waals surface area contributed by atoms with Gasteiger partial charge in [0.15, 0.2) is 11.5 Å². The number of amides is 1. The Balaban J connectivity index is 1.42. The Morgan fingerprint density at radius 1 is 1.19 bits per heavy atom. The maximum absolute atomic E-state index is 12.3. The molecule has 0 saturated carbocycles. The van der Waals surface area contributed by atoms with Crippen molar-refractivity contribution in [2.24, 2.45) is 0 Å². The summed E-state index contributed by atoms with van der Waals surface area (Å²) in [6, 6.07) is 12.3. The number of aromatic nitrogens is 2. The molecule has 2 aromatic carbocycles. The van der Waals surface area contributed by atoms with Crippen LogP contribution in [-0.4, -0.2) is 28.1 Å². The Kier molecular flexibility index (Phi) is 4.91. The van der Waals surface area contributed by atoms with Crippen molar-refractivity contribution in [1.29, 1.82) is 0 Å². The third-order valence-corrected chi connectivity index (χ3v) is 4.93. The van der Waals surface area contributed by atoms with E-state index in [1.165, 1.54) is 11.8 Å². The lowest BCUT2D eigenvalue weighted by molar-refractivity contribution is -0.115. The molecule has 1 aliphatic heterocycles. The quantitative estimate of drug-likeness (QED) is 0.637. The van der Waals surface area contributed by atoms with Gasteiger partial charge in [-0.25, -0.2) is 0 Å². The number of hydrogen-bond acceptors (Lipinski definition) is 7. The summed E-state index contributed by atoms with van der Waals surface area (Å²) in [4.78, 5) is 12.3. The molecule has 0 spiro atoms. The lowest BCUT2D eigenvalue weighted by Gasteiger charge is -2.09. The lowest BCUT2D eigenvalue weighted by Crippen LogP contribution is -2.22. The first-order valence-corrected chi connectivity index (χ1v) is 9.31. The van der Waals surface area contributed by atoms with Crippen LogP contribution < -0.4 is 14.8 Å². The molecule has 27 heavy (non-hydrogen) atoms. The summed E-state index contributed by atoms with van der Waals surface area (Å²) in [7, 11) is 0. The van der Waals surface area contributed by atoms with E-state index in [2.05, 4.69) is 15.5 Å². The number of rotatable bonds is 5. The van der Waals surface area contributed by atoms with Crippen LogP contribution in [0.15, 0.2) is 52.1 Å². The molecule has 0 unspecified atom stereocenters. The summed E-state index contributed by atoms with van der Waals surface area (Å²) in [6.45, 7) is 1.96. The topological polar surface area (TPSA) is 86.5 Å². The summed E-state index contributed by atoms with van der Waals surface area (Å²) in [6.07, 6.45) is 0. The first-order valence-electron chi connectivity index (χ1n) is 8.05. The first-order chi connectivity index (χ1) is 13.1. The van der Waals surface area contributed by atoms with E-state index in [-0.39, 0.29) is 12.7 Å². The molecular weight excluding hydrogens is 390 g/mol. The van der Waals surface area contributed by atoms with E-state index in [1.807, 2.05) is 6.07 Å². The molecule has 9 heteroatoms. The fourth-order valence-electron chi connectivity index (χ4n) is 2.42. The molecule has 0 saturated heterocycles. The highest BCUT2D eigenvalue weighted by Gasteiger charge is 2.20. The summed E-state index contributed by atoms with van der Waals surface area (Å²) < 4.78 is 16.3. The van der Waals surface area contributed by atoms with Gasteiger partial charge in [0.2, 0.25) is 18.6 Å². The zero-order valence-electron chi connectivity index (χ0n) is 14.1. The van der Waals surface area contributed by atoms with Crippen molar-refractivity contribution in [3.8, 4) is 23.0 Å². The molecule has 138 valence electrons. The van der Waals surface area contributed by atoms with Crippen molar-refractivity contribution < 1.29 is 18.7 Å². The van der Waals surface area contributed by atoms with Gasteiger partial charge < -0.3 is 19.2 Å². The standard InChI is InChI=1S/C18H14ClN3O4S/c1-10(16(23)20-13-4-2-3-12(19)8-13)27-18-22-21-17(26-18)11-5-6-14-15(7-11)25-9-24-14/h2-8,10H,9H2,1H3,(H,20,23)/t10-/m0/s1. The van der Waals surface area contributed by atoms with E-state index in [9.17, 15) is 4.79 Å². The summed E-state index contributed by atoms with van der Waals surface area (Å²) in [5, 5.41) is 11.3. The summed E-state index contributed by atoms with van der Waals surface area (Å²) >= 11 is 7.10. The number of halogens is 1. The molecule has 4 rings (SSSR count). The number of carbonyl (C=O) groups is 1. The van der Waals surface area contributed by atoms with E-state index >= 15 is 0 Å². The maximum atomic E-state index is 12.3. The molecule has 1 amide bonds. The van der Waals surface area contributed by atoms with Gasteiger partial charge in [0.05, 0.1) is 5.25 Å². The number of hydrogen-bond donors (Lipinski definition) is 1. The second-order valence-electron chi connectivity index (χ2n) is 5.70. The van der Waals surface area contributed by atoms with Gasteiger partial charge in [-0.15, -0.1) is 10.2 Å². The van der Waals surface area contributed by atoms with Gasteiger partial charge >= 0.3 is 0 Å². The van der Waals surface area contributed by atoms with Crippen LogP contribution in [0.1, 0.15) is 6.92 Å². The Morgan fingerprint density at radius 3 is 2.89 bits per heavy atom. The van der Waals surface area contributed by atoms with E-state index in [0.717, 1.165) is 5.56 Å². The predicted octanol–water partition coefficient (Wildman–Crippen LogP) is 4.24. The van der Waals surface area contributed by atoms with Crippen molar-refractivity contribution in [2.75, 3.05) is 12.1 Å². The molecule has 7 nitrogen and oxygen atoms in total. The summed E-state index contributed by atoms with van der Waals surface area (Å²) in [5.41, 5.74) is 1.35. The predicted molar refractivity (Wildman–Crippen MR) is 101 cm³/mol. The second-order valence-corrected chi connectivity index (χ2v) is 7.43. The zero-order valence-corrected chi connectivity index (χ0v) is 15.7. The average Bonchev–Trinajstić information content (AvgIpc) is 3.30. The Hall–Kier alpha value is -2.71. The molecule has 0 fully saturated rings. The fourth-order valence-corrected chi connectivity index (χ4v) is 3.29. The van der Waals surface area contributed by atoms with Crippen LogP contribution in [0.5, 0.6) is 11.5 Å². The molecule has 1 aliphatic rings. The number of ether oxygens (including phenoxy) is 2. The Bertz CT molecular complexity index is 994. The summed E-state index contributed by atoms with van der Waals surface area (Å²) in [5.74, 6) is 1.47. The van der Waals surface area contributed by atoms with Gasteiger partial charge in [0, 0.05) is 16.3 Å². The highest BCUT2D eigenvalue weighted by atomic mass is 35.5. The maximum Gasteiger partial charge on any atom is 0.277 e. The van der Waals surface area contributed by atoms with Crippen molar-refractivity contribution >= 4 is 35.0 Å². The van der Waals surface area contributed by atoms with Crippen molar-refractivity contribution in [2.45, 2.75) is 17.4 Å². The minimum atomic E-state index is -0.436. The number of thioether (sulfide) groups is 1. The highest BCUT2D eigenvalue weighted by Crippen LogP contribution is 2.36. The van der Waals surface area contributed by atoms with Crippen LogP contribution in [0.3, 0.4) is 0 Å². The first kappa shape index (κ1) is 17.7. The average molecular weight is 404 g/mol. The number of carbonyl (C=O) groups excluding carboxylic acids is 1. The molecular formula is C18H14ClN3O4S. The van der Waals surface area contributed by atoms with Gasteiger partial charge in [-0.1, -0.05) is 29.4 Å². The highest BCUT2D eigenvalue weighted by molar-refractivity contribution is 8.00. The van der Waals surface area contributed by atoms with Crippen LogP contribution in [0.25, 0.3) is 11.5 Å². The van der Waals surface area contributed by atoms with E-state index in [0.29, 0.717) is 33.3 Å². The van der Waals surface area contributed by atoms with E-state index < -0.39 is 5.25 Å². The van der Waals surface area contributed by atoms with Gasteiger partial charge in [-0.3, -0.25) is 4.79 Å². The SMILES string of the molecule is C[C@H](Sc1nnc(-c2ccc3c(c2)OCO3)o1)C(=O)Nc1cccc(Cl)c1. The second kappa shape index (κ2) is 7.50. The normalized spacial score (nSPS) is 13.4. The molecule has 1 N–H and O–H groups in total. The molecule has 0 aliphatic carbocycles. The molecule has 2 heterocycles. The molecule has 0 bridgehead atoms. The van der Waals surface area contributed by atoms with Gasteiger partial charge in [-0.2, -0.15) is 0 Å². The van der Waals surface area contributed by atoms with Crippen LogP contribution in [-0.2, 0) is 4.79 Å². The lowest BCUT2D eigenvalue weighted by atomic mass is 10.2. The molecule has 0 radical (unpaired) electrons. The Labute approximate surface area is 164 Å². The van der Waals surface area contributed by atoms with Crippen molar-refractivity contribution in [3.63, 3.8) is 0 Å². The molecule has 1 aromatic heterocycles. The molecule has 1 atom stereocenters. The van der Waals surface area contributed by atoms with E-state index in [1.54, 1.807) is 43.3 Å². The minimum absolute atomic E-state index is 0.190. The number of benzene rings is 2. The van der Waals surface area contributed by atoms with Crippen LogP contribution in [0.4, 0.5) is 5.69 Å². The van der Waals surface area contributed by atoms with Gasteiger partial charge in [0.1, 0.15) is 0 Å². The third kappa shape index (κ3) is 4.01.